The van der Waals surface area contributed by atoms with Gasteiger partial charge in [-0.3, -0.25) is 4.79 Å². The van der Waals surface area contributed by atoms with Gasteiger partial charge in [-0.15, -0.1) is 0 Å². The zero-order valence-electron chi connectivity index (χ0n) is 12.4. The lowest BCUT2D eigenvalue weighted by atomic mass is 9.86. The number of ether oxygens (including phenoxy) is 1. The SMILES string of the molecule is CC1CCCCC1NC(=O)COC(=O)c1cc(Cl)cn1C. The minimum Gasteiger partial charge on any atom is -0.451 e. The summed E-state index contributed by atoms with van der Waals surface area (Å²) in [6.45, 7) is 1.88. The van der Waals surface area contributed by atoms with Gasteiger partial charge in [0.1, 0.15) is 5.69 Å². The molecule has 1 N–H and O–H groups in total. The van der Waals surface area contributed by atoms with Gasteiger partial charge in [0.15, 0.2) is 6.61 Å². The maximum atomic E-state index is 11.9. The molecule has 2 unspecified atom stereocenters. The van der Waals surface area contributed by atoms with Crippen LogP contribution in [0.25, 0.3) is 0 Å². The summed E-state index contributed by atoms with van der Waals surface area (Å²) in [7, 11) is 1.70. The van der Waals surface area contributed by atoms with Crippen molar-refractivity contribution >= 4 is 23.5 Å². The highest BCUT2D eigenvalue weighted by Gasteiger charge is 2.23. The number of halogens is 1. The molecule has 116 valence electrons. The smallest absolute Gasteiger partial charge is 0.355 e. The molecule has 0 bridgehead atoms. The lowest BCUT2D eigenvalue weighted by Gasteiger charge is -2.29. The third-order valence-corrected chi connectivity index (χ3v) is 4.18. The molecule has 1 aromatic rings. The second kappa shape index (κ2) is 6.98. The van der Waals surface area contributed by atoms with E-state index in [1.54, 1.807) is 17.8 Å². The van der Waals surface area contributed by atoms with Crippen molar-refractivity contribution in [3.8, 4) is 0 Å². The minimum absolute atomic E-state index is 0.189. The summed E-state index contributed by atoms with van der Waals surface area (Å²) >= 11 is 5.81. The first-order valence-electron chi connectivity index (χ1n) is 7.25. The third-order valence-electron chi connectivity index (χ3n) is 3.97. The molecule has 5 nitrogen and oxygen atoms in total. The van der Waals surface area contributed by atoms with Crippen molar-refractivity contribution in [2.75, 3.05) is 6.61 Å². The Hall–Kier alpha value is -1.49. The normalized spacial score (nSPS) is 21.9. The van der Waals surface area contributed by atoms with E-state index in [9.17, 15) is 9.59 Å². The summed E-state index contributed by atoms with van der Waals surface area (Å²) < 4.78 is 6.61. The predicted molar refractivity (Wildman–Crippen MR) is 80.3 cm³/mol. The van der Waals surface area contributed by atoms with Crippen LogP contribution in [0.2, 0.25) is 5.02 Å². The van der Waals surface area contributed by atoms with Crippen LogP contribution in [0.1, 0.15) is 43.1 Å². The average molecular weight is 313 g/mol. The van der Waals surface area contributed by atoms with Crippen molar-refractivity contribution in [3.63, 3.8) is 0 Å². The van der Waals surface area contributed by atoms with Crippen LogP contribution in [0.4, 0.5) is 0 Å². The highest BCUT2D eigenvalue weighted by Crippen LogP contribution is 2.23. The van der Waals surface area contributed by atoms with Gasteiger partial charge in [-0.25, -0.2) is 4.79 Å². The topological polar surface area (TPSA) is 60.3 Å². The predicted octanol–water partition coefficient (Wildman–Crippen LogP) is 2.53. The van der Waals surface area contributed by atoms with E-state index in [4.69, 9.17) is 16.3 Å². The second-order valence-corrected chi connectivity index (χ2v) is 6.10. The molecule has 1 amide bonds. The molecular formula is C15H21ClN2O3. The van der Waals surface area contributed by atoms with Crippen LogP contribution in [-0.4, -0.2) is 29.1 Å². The van der Waals surface area contributed by atoms with Gasteiger partial charge in [0.05, 0.1) is 5.02 Å². The number of aromatic nitrogens is 1. The summed E-state index contributed by atoms with van der Waals surface area (Å²) in [5.74, 6) is -0.316. The number of nitrogens with zero attached hydrogens (tertiary/aromatic N) is 1. The number of carbonyl (C=O) groups is 2. The van der Waals surface area contributed by atoms with Crippen LogP contribution in [0.5, 0.6) is 0 Å². The lowest BCUT2D eigenvalue weighted by Crippen LogP contribution is -2.42. The molecule has 0 spiro atoms. The first kappa shape index (κ1) is 15.9. The molecule has 1 saturated carbocycles. The summed E-state index contributed by atoms with van der Waals surface area (Å²) in [5.41, 5.74) is 0.332. The average Bonchev–Trinajstić information content (AvgIpc) is 2.78. The Labute approximate surface area is 129 Å². The molecule has 0 aromatic carbocycles. The van der Waals surface area contributed by atoms with Crippen LogP contribution in [0.15, 0.2) is 12.3 Å². The maximum Gasteiger partial charge on any atom is 0.355 e. The van der Waals surface area contributed by atoms with Gasteiger partial charge >= 0.3 is 5.97 Å². The highest BCUT2D eigenvalue weighted by atomic mass is 35.5. The molecule has 21 heavy (non-hydrogen) atoms. The van der Waals surface area contributed by atoms with Crippen molar-refractivity contribution in [1.82, 2.24) is 9.88 Å². The van der Waals surface area contributed by atoms with Crippen molar-refractivity contribution < 1.29 is 14.3 Å². The Balaban J connectivity index is 1.81. The van der Waals surface area contributed by atoms with Gasteiger partial charge in [-0.2, -0.15) is 0 Å². The van der Waals surface area contributed by atoms with Crippen LogP contribution in [0.3, 0.4) is 0 Å². The number of hydrogen-bond acceptors (Lipinski definition) is 3. The van der Waals surface area contributed by atoms with Crippen LogP contribution < -0.4 is 5.32 Å². The molecule has 1 aliphatic carbocycles. The Morgan fingerprint density at radius 2 is 2.14 bits per heavy atom. The van der Waals surface area contributed by atoms with Gasteiger partial charge in [0, 0.05) is 19.3 Å². The van der Waals surface area contributed by atoms with E-state index in [1.807, 2.05) is 0 Å². The Morgan fingerprint density at radius 1 is 1.43 bits per heavy atom. The van der Waals surface area contributed by atoms with Crippen LogP contribution in [0, 0.1) is 5.92 Å². The number of nitrogens with one attached hydrogen (secondary N) is 1. The van der Waals surface area contributed by atoms with Gasteiger partial charge in [0.2, 0.25) is 0 Å². The Morgan fingerprint density at radius 3 is 2.76 bits per heavy atom. The first-order chi connectivity index (χ1) is 9.97. The number of hydrogen-bond donors (Lipinski definition) is 1. The van der Waals surface area contributed by atoms with E-state index in [1.165, 1.54) is 12.5 Å². The molecule has 1 aliphatic rings. The van der Waals surface area contributed by atoms with E-state index in [-0.39, 0.29) is 18.6 Å². The van der Waals surface area contributed by atoms with E-state index in [2.05, 4.69) is 12.2 Å². The largest absolute Gasteiger partial charge is 0.451 e. The zero-order chi connectivity index (χ0) is 15.4. The number of rotatable bonds is 4. The monoisotopic (exact) mass is 312 g/mol. The highest BCUT2D eigenvalue weighted by molar-refractivity contribution is 6.30. The number of carbonyl (C=O) groups excluding carboxylic acids is 2. The van der Waals surface area contributed by atoms with Gasteiger partial charge in [-0.05, 0) is 24.8 Å². The minimum atomic E-state index is -0.545. The second-order valence-electron chi connectivity index (χ2n) is 5.67. The van der Waals surface area contributed by atoms with E-state index < -0.39 is 5.97 Å². The van der Waals surface area contributed by atoms with Crippen molar-refractivity contribution in [2.45, 2.75) is 38.6 Å². The van der Waals surface area contributed by atoms with E-state index in [0.29, 0.717) is 16.6 Å². The summed E-state index contributed by atoms with van der Waals surface area (Å²) in [6, 6.07) is 1.71. The van der Waals surface area contributed by atoms with E-state index in [0.717, 1.165) is 19.3 Å². The third kappa shape index (κ3) is 4.24. The van der Waals surface area contributed by atoms with Gasteiger partial charge in [0.25, 0.3) is 5.91 Å². The zero-order valence-corrected chi connectivity index (χ0v) is 13.2. The molecule has 2 atom stereocenters. The standard InChI is InChI=1S/C15H21ClN2O3/c1-10-5-3-4-6-12(10)17-14(19)9-21-15(20)13-7-11(16)8-18(13)2/h7-8,10,12H,3-6,9H2,1-2H3,(H,17,19). The molecule has 0 radical (unpaired) electrons. The summed E-state index contributed by atoms with van der Waals surface area (Å²) in [5, 5.41) is 3.41. The molecule has 0 saturated heterocycles. The fourth-order valence-corrected chi connectivity index (χ4v) is 2.96. The molecule has 0 aliphatic heterocycles. The maximum absolute atomic E-state index is 11.9. The quantitative estimate of drug-likeness (QED) is 0.869. The number of aryl methyl sites for hydroxylation is 1. The molecule has 1 fully saturated rings. The molecule has 1 heterocycles. The summed E-state index contributed by atoms with van der Waals surface area (Å²) in [4.78, 5) is 23.7. The molecule has 6 heteroatoms. The fraction of sp³-hybridized carbons (Fsp3) is 0.600. The van der Waals surface area contributed by atoms with Crippen LogP contribution in [-0.2, 0) is 16.6 Å². The molecule has 1 aromatic heterocycles. The van der Waals surface area contributed by atoms with Crippen molar-refractivity contribution in [2.24, 2.45) is 13.0 Å². The lowest BCUT2D eigenvalue weighted by molar-refractivity contribution is -0.125. The molecular weight excluding hydrogens is 292 g/mol. The van der Waals surface area contributed by atoms with Gasteiger partial charge < -0.3 is 14.6 Å². The Bertz CT molecular complexity index is 527. The molecule has 2 rings (SSSR count). The van der Waals surface area contributed by atoms with E-state index >= 15 is 0 Å². The fourth-order valence-electron chi connectivity index (χ4n) is 2.71. The number of esters is 1. The summed E-state index contributed by atoms with van der Waals surface area (Å²) in [6.07, 6.45) is 6.09. The van der Waals surface area contributed by atoms with Crippen molar-refractivity contribution in [1.29, 1.82) is 0 Å². The number of amides is 1. The van der Waals surface area contributed by atoms with Crippen LogP contribution >= 0.6 is 11.6 Å². The van der Waals surface area contributed by atoms with Gasteiger partial charge in [-0.1, -0.05) is 31.4 Å². The van der Waals surface area contributed by atoms with Crippen molar-refractivity contribution in [3.05, 3.63) is 23.0 Å². The Kier molecular flexibility index (Phi) is 5.28. The first-order valence-corrected chi connectivity index (χ1v) is 7.63.